The van der Waals surface area contributed by atoms with Gasteiger partial charge >= 0.3 is 17.8 Å². The lowest BCUT2D eigenvalue weighted by atomic mass is 10.1. The van der Waals surface area contributed by atoms with Gasteiger partial charge in [-0.15, -0.1) is 0 Å². The second-order valence-electron chi connectivity index (χ2n) is 6.33. The quantitative estimate of drug-likeness (QED) is 0.200. The Hall–Kier alpha value is -4.47. The number of carbonyl (C=O) groups is 3. The Bertz CT molecular complexity index is 1160. The molecule has 0 spiro atoms. The number of hydrazone groups is 1. The van der Waals surface area contributed by atoms with Gasteiger partial charge in [-0.2, -0.15) is 5.10 Å². The molecule has 9 nitrogen and oxygen atoms in total. The Kier molecular flexibility index (Phi) is 6.96. The lowest BCUT2D eigenvalue weighted by Crippen LogP contribution is -2.32. The van der Waals surface area contributed by atoms with Gasteiger partial charge in [0.1, 0.15) is 5.82 Å². The highest BCUT2D eigenvalue weighted by Crippen LogP contribution is 2.29. The molecule has 0 fully saturated rings. The molecule has 3 rings (SSSR count). The first-order chi connectivity index (χ1) is 15.4. The molecule has 2 N–H and O–H groups in total. The van der Waals surface area contributed by atoms with Crippen molar-refractivity contribution in [3.8, 4) is 11.5 Å². The minimum Gasteiger partial charge on any atom is -0.493 e. The molecule has 2 aromatic carbocycles. The third kappa shape index (κ3) is 5.57. The van der Waals surface area contributed by atoms with Crippen molar-refractivity contribution in [3.63, 3.8) is 0 Å². The number of rotatable bonds is 6. The molecule has 0 saturated heterocycles. The highest BCUT2D eigenvalue weighted by atomic mass is 19.1. The van der Waals surface area contributed by atoms with Crippen LogP contribution < -0.4 is 20.2 Å². The maximum Gasteiger partial charge on any atom is 0.379 e. The summed E-state index contributed by atoms with van der Waals surface area (Å²) < 4.78 is 28.4. The molecule has 10 heteroatoms. The Balaban J connectivity index is 1.64. The van der Waals surface area contributed by atoms with Crippen molar-refractivity contribution < 1.29 is 32.7 Å². The smallest absolute Gasteiger partial charge is 0.379 e. The lowest BCUT2D eigenvalue weighted by molar-refractivity contribution is -0.136. The Morgan fingerprint density at radius 3 is 2.41 bits per heavy atom. The highest BCUT2D eigenvalue weighted by Gasteiger charge is 2.16. The van der Waals surface area contributed by atoms with E-state index in [4.69, 9.17) is 13.9 Å². The Morgan fingerprint density at radius 1 is 1.00 bits per heavy atom. The summed E-state index contributed by atoms with van der Waals surface area (Å²) in [6.07, 6.45) is 1.35. The van der Waals surface area contributed by atoms with E-state index in [1.807, 2.05) is 0 Å². The van der Waals surface area contributed by atoms with Crippen molar-refractivity contribution in [2.75, 3.05) is 12.4 Å². The van der Waals surface area contributed by atoms with Crippen LogP contribution in [0.5, 0.6) is 11.5 Å². The maximum atomic E-state index is 12.9. The SMILES string of the molecule is COc1cc(C(C)=NNC(=O)C(=O)Nc2ccc(F)cc2)ccc1OC(=O)c1ccco1. The van der Waals surface area contributed by atoms with Crippen molar-refractivity contribution >= 4 is 29.2 Å². The standard InChI is InChI=1S/C22H18FN3O6/c1-13(25-26-21(28)20(27)24-16-8-6-15(23)7-9-16)14-5-10-17(19(12-14)30-2)32-22(29)18-4-3-11-31-18/h3-12H,1-2H3,(H,24,27)(H,26,28). The fourth-order valence-electron chi connectivity index (χ4n) is 2.49. The summed E-state index contributed by atoms with van der Waals surface area (Å²) in [4.78, 5) is 35.9. The van der Waals surface area contributed by atoms with E-state index in [-0.39, 0.29) is 22.9 Å². The Labute approximate surface area is 181 Å². The van der Waals surface area contributed by atoms with Crippen molar-refractivity contribution in [1.29, 1.82) is 0 Å². The van der Waals surface area contributed by atoms with E-state index in [1.165, 1.54) is 37.6 Å². The number of methoxy groups -OCH3 is 1. The molecule has 0 aliphatic heterocycles. The summed E-state index contributed by atoms with van der Waals surface area (Å²) >= 11 is 0. The van der Waals surface area contributed by atoms with Crippen LogP contribution in [0.3, 0.4) is 0 Å². The van der Waals surface area contributed by atoms with Crippen LogP contribution in [0.4, 0.5) is 10.1 Å². The molecule has 0 unspecified atom stereocenters. The van der Waals surface area contributed by atoms with Crippen LogP contribution in [0.1, 0.15) is 23.0 Å². The van der Waals surface area contributed by atoms with Gasteiger partial charge in [-0.3, -0.25) is 9.59 Å². The molecule has 0 atom stereocenters. The number of benzene rings is 2. The Morgan fingerprint density at radius 2 is 1.75 bits per heavy atom. The summed E-state index contributed by atoms with van der Waals surface area (Å²) in [5, 5.41) is 6.22. The fourth-order valence-corrected chi connectivity index (χ4v) is 2.49. The number of ether oxygens (including phenoxy) is 2. The summed E-state index contributed by atoms with van der Waals surface area (Å²) in [6, 6.07) is 12.6. The second kappa shape index (κ2) is 10.0. The number of amides is 2. The number of halogens is 1. The topological polar surface area (TPSA) is 119 Å². The number of carbonyl (C=O) groups excluding carboxylic acids is 3. The van der Waals surface area contributed by atoms with Crippen LogP contribution in [0, 0.1) is 5.82 Å². The van der Waals surface area contributed by atoms with Crippen LogP contribution in [-0.4, -0.2) is 30.6 Å². The molecule has 3 aromatic rings. The monoisotopic (exact) mass is 439 g/mol. The average Bonchev–Trinajstić information content (AvgIpc) is 3.34. The highest BCUT2D eigenvalue weighted by molar-refractivity contribution is 6.39. The molecule has 0 bridgehead atoms. The zero-order valence-corrected chi connectivity index (χ0v) is 17.0. The minimum atomic E-state index is -1.01. The summed E-state index contributed by atoms with van der Waals surface area (Å²) in [6.45, 7) is 1.60. The van der Waals surface area contributed by atoms with E-state index in [0.717, 1.165) is 12.1 Å². The number of hydrogen-bond acceptors (Lipinski definition) is 7. The second-order valence-corrected chi connectivity index (χ2v) is 6.33. The fraction of sp³-hybridized carbons (Fsp3) is 0.0909. The predicted molar refractivity (Wildman–Crippen MR) is 112 cm³/mol. The van der Waals surface area contributed by atoms with E-state index < -0.39 is 23.6 Å². The van der Waals surface area contributed by atoms with Gasteiger partial charge in [0.25, 0.3) is 0 Å². The first kappa shape index (κ1) is 22.2. The summed E-state index contributed by atoms with van der Waals surface area (Å²) in [7, 11) is 1.40. The normalized spacial score (nSPS) is 10.9. The molecule has 1 heterocycles. The van der Waals surface area contributed by atoms with Crippen LogP contribution in [-0.2, 0) is 9.59 Å². The molecule has 0 saturated carbocycles. The number of anilines is 1. The molecular formula is C22H18FN3O6. The number of nitrogens with zero attached hydrogens (tertiary/aromatic N) is 1. The molecule has 0 aliphatic rings. The van der Waals surface area contributed by atoms with Gasteiger partial charge in [-0.05, 0) is 61.5 Å². The van der Waals surface area contributed by atoms with E-state index in [9.17, 15) is 18.8 Å². The number of hydrogen-bond donors (Lipinski definition) is 2. The molecule has 2 amide bonds. The van der Waals surface area contributed by atoms with E-state index in [0.29, 0.717) is 11.3 Å². The first-order valence-electron chi connectivity index (χ1n) is 9.22. The number of furan rings is 1. The van der Waals surface area contributed by atoms with Crippen molar-refractivity contribution in [3.05, 3.63) is 78.0 Å². The van der Waals surface area contributed by atoms with Gasteiger partial charge in [-0.1, -0.05) is 0 Å². The van der Waals surface area contributed by atoms with Gasteiger partial charge in [-0.25, -0.2) is 14.6 Å². The zero-order chi connectivity index (χ0) is 23.1. The van der Waals surface area contributed by atoms with Crippen molar-refractivity contribution in [1.82, 2.24) is 5.43 Å². The molecule has 164 valence electrons. The van der Waals surface area contributed by atoms with E-state index in [2.05, 4.69) is 15.8 Å². The van der Waals surface area contributed by atoms with E-state index >= 15 is 0 Å². The van der Waals surface area contributed by atoms with Crippen LogP contribution in [0.2, 0.25) is 0 Å². The van der Waals surface area contributed by atoms with Crippen LogP contribution in [0.15, 0.2) is 70.4 Å². The summed E-state index contributed by atoms with van der Waals surface area (Å²) in [5.74, 6) is -2.69. The molecule has 32 heavy (non-hydrogen) atoms. The van der Waals surface area contributed by atoms with Gasteiger partial charge in [0, 0.05) is 11.3 Å². The molecule has 1 aromatic heterocycles. The summed E-state index contributed by atoms with van der Waals surface area (Å²) in [5.41, 5.74) is 3.30. The largest absolute Gasteiger partial charge is 0.493 e. The number of nitrogens with one attached hydrogen (secondary N) is 2. The lowest BCUT2D eigenvalue weighted by Gasteiger charge is -2.10. The molecule has 0 radical (unpaired) electrons. The zero-order valence-electron chi connectivity index (χ0n) is 17.0. The van der Waals surface area contributed by atoms with Crippen LogP contribution >= 0.6 is 0 Å². The first-order valence-corrected chi connectivity index (χ1v) is 9.22. The van der Waals surface area contributed by atoms with Gasteiger partial charge in [0.2, 0.25) is 5.76 Å². The average molecular weight is 439 g/mol. The minimum absolute atomic E-state index is 0.0375. The third-order valence-electron chi connectivity index (χ3n) is 4.14. The van der Waals surface area contributed by atoms with Crippen molar-refractivity contribution in [2.45, 2.75) is 6.92 Å². The number of esters is 1. The maximum absolute atomic E-state index is 12.9. The third-order valence-corrected chi connectivity index (χ3v) is 4.14. The van der Waals surface area contributed by atoms with Gasteiger partial charge in [0.15, 0.2) is 11.5 Å². The van der Waals surface area contributed by atoms with E-state index in [1.54, 1.807) is 25.1 Å². The van der Waals surface area contributed by atoms with Crippen molar-refractivity contribution in [2.24, 2.45) is 5.10 Å². The van der Waals surface area contributed by atoms with Gasteiger partial charge in [0.05, 0.1) is 19.1 Å². The van der Waals surface area contributed by atoms with Gasteiger partial charge < -0.3 is 19.2 Å². The predicted octanol–water partition coefficient (Wildman–Crippen LogP) is 3.13. The molecule has 0 aliphatic carbocycles. The van der Waals surface area contributed by atoms with Crippen LogP contribution in [0.25, 0.3) is 0 Å². The molecular weight excluding hydrogens is 421 g/mol.